The lowest BCUT2D eigenvalue weighted by molar-refractivity contribution is -0.145. The van der Waals surface area contributed by atoms with Crippen LogP contribution in [0.2, 0.25) is 0 Å². The maximum absolute atomic E-state index is 11.6. The molecule has 0 heterocycles. The molecule has 0 spiro atoms. The van der Waals surface area contributed by atoms with Gasteiger partial charge in [-0.15, -0.1) is 0 Å². The lowest BCUT2D eigenvalue weighted by atomic mass is 9.88. The van der Waals surface area contributed by atoms with Crippen molar-refractivity contribution in [1.82, 2.24) is 0 Å². The number of hydrogen-bond acceptors (Lipinski definition) is 3. The van der Waals surface area contributed by atoms with E-state index in [-0.39, 0.29) is 23.6 Å². The largest absolute Gasteiger partial charge is 0.466 e. The smallest absolute Gasteiger partial charge is 0.306 e. The third-order valence-corrected chi connectivity index (χ3v) is 3.15. The van der Waals surface area contributed by atoms with Gasteiger partial charge in [0, 0.05) is 11.8 Å². The number of esters is 1. The van der Waals surface area contributed by atoms with E-state index >= 15 is 0 Å². The van der Waals surface area contributed by atoms with Crippen molar-refractivity contribution in [3.8, 4) is 0 Å². The van der Waals surface area contributed by atoms with E-state index in [1.165, 1.54) is 25.7 Å². The molecule has 0 aromatic rings. The molecule has 0 atom stereocenters. The Kier molecular flexibility index (Phi) is 9.54. The van der Waals surface area contributed by atoms with Gasteiger partial charge in [0.25, 0.3) is 0 Å². The molecule has 0 rings (SSSR count). The lowest BCUT2D eigenvalue weighted by Gasteiger charge is -2.15. The van der Waals surface area contributed by atoms with E-state index in [4.69, 9.17) is 4.74 Å². The Morgan fingerprint density at radius 2 is 1.47 bits per heavy atom. The van der Waals surface area contributed by atoms with Crippen LogP contribution in [0, 0.1) is 5.41 Å². The standard InChI is InChI=1S/C16H30O3/c1-5-6-7-8-9-10-13-19-15(18)12-11-14(17)16(2,3)4/h5-13H2,1-4H3. The first kappa shape index (κ1) is 18.1. The highest BCUT2D eigenvalue weighted by atomic mass is 16.5. The predicted molar refractivity (Wildman–Crippen MR) is 78.0 cm³/mol. The fraction of sp³-hybridized carbons (Fsp3) is 0.875. The number of hydrogen-bond donors (Lipinski definition) is 0. The fourth-order valence-electron chi connectivity index (χ4n) is 1.73. The van der Waals surface area contributed by atoms with Gasteiger partial charge in [0.1, 0.15) is 5.78 Å². The van der Waals surface area contributed by atoms with Gasteiger partial charge >= 0.3 is 5.97 Å². The van der Waals surface area contributed by atoms with Crippen LogP contribution in [0.25, 0.3) is 0 Å². The number of carbonyl (C=O) groups excluding carboxylic acids is 2. The molecule has 0 aliphatic rings. The van der Waals surface area contributed by atoms with Crippen LogP contribution in [0.3, 0.4) is 0 Å². The Morgan fingerprint density at radius 3 is 2.05 bits per heavy atom. The van der Waals surface area contributed by atoms with Crippen LogP contribution < -0.4 is 0 Å². The molecule has 0 aromatic heterocycles. The molecule has 0 aliphatic carbocycles. The zero-order valence-corrected chi connectivity index (χ0v) is 13.1. The van der Waals surface area contributed by atoms with E-state index in [0.717, 1.165) is 12.8 Å². The summed E-state index contributed by atoms with van der Waals surface area (Å²) < 4.78 is 5.12. The zero-order chi connectivity index (χ0) is 14.7. The van der Waals surface area contributed by atoms with Crippen LogP contribution in [0.15, 0.2) is 0 Å². The minimum atomic E-state index is -0.362. The van der Waals surface area contributed by atoms with E-state index in [0.29, 0.717) is 13.0 Å². The summed E-state index contributed by atoms with van der Waals surface area (Å²) >= 11 is 0. The molecule has 0 radical (unpaired) electrons. The molecular weight excluding hydrogens is 240 g/mol. The second-order valence-electron chi connectivity index (χ2n) is 6.16. The number of unbranched alkanes of at least 4 members (excludes halogenated alkanes) is 5. The lowest BCUT2D eigenvalue weighted by Crippen LogP contribution is -2.21. The Balaban J connectivity index is 3.48. The summed E-state index contributed by atoms with van der Waals surface area (Å²) in [6, 6.07) is 0. The van der Waals surface area contributed by atoms with Crippen molar-refractivity contribution in [2.24, 2.45) is 5.41 Å². The third kappa shape index (κ3) is 10.7. The van der Waals surface area contributed by atoms with E-state index in [9.17, 15) is 9.59 Å². The van der Waals surface area contributed by atoms with Crippen LogP contribution in [-0.4, -0.2) is 18.4 Å². The van der Waals surface area contributed by atoms with Gasteiger partial charge in [-0.1, -0.05) is 59.8 Å². The van der Waals surface area contributed by atoms with Gasteiger partial charge in [-0.3, -0.25) is 9.59 Å². The summed E-state index contributed by atoms with van der Waals surface area (Å²) in [7, 11) is 0. The molecule has 0 unspecified atom stereocenters. The molecular formula is C16H30O3. The van der Waals surface area contributed by atoms with E-state index < -0.39 is 0 Å². The van der Waals surface area contributed by atoms with Crippen LogP contribution in [-0.2, 0) is 14.3 Å². The Labute approximate surface area is 118 Å². The number of rotatable bonds is 10. The monoisotopic (exact) mass is 270 g/mol. The number of Topliss-reactive ketones (excluding diaryl/α,β-unsaturated/α-hetero) is 1. The summed E-state index contributed by atoms with van der Waals surface area (Å²) in [6.45, 7) is 8.31. The van der Waals surface area contributed by atoms with Crippen molar-refractivity contribution in [3.63, 3.8) is 0 Å². The summed E-state index contributed by atoms with van der Waals surface area (Å²) in [5, 5.41) is 0. The van der Waals surface area contributed by atoms with Gasteiger partial charge < -0.3 is 4.74 Å². The Bertz CT molecular complexity index is 264. The molecule has 0 bridgehead atoms. The number of ether oxygens (including phenoxy) is 1. The topological polar surface area (TPSA) is 43.4 Å². The molecule has 0 saturated heterocycles. The molecule has 112 valence electrons. The highest BCUT2D eigenvalue weighted by Gasteiger charge is 2.21. The van der Waals surface area contributed by atoms with E-state index in [2.05, 4.69) is 6.92 Å². The summed E-state index contributed by atoms with van der Waals surface area (Å²) in [6.07, 6.45) is 7.57. The van der Waals surface area contributed by atoms with Crippen molar-refractivity contribution in [2.45, 2.75) is 79.1 Å². The molecule has 0 aromatic carbocycles. The SMILES string of the molecule is CCCCCCCCOC(=O)CCC(=O)C(C)(C)C. The van der Waals surface area contributed by atoms with Gasteiger partial charge in [0.2, 0.25) is 0 Å². The van der Waals surface area contributed by atoms with Crippen LogP contribution in [0.5, 0.6) is 0 Å². The van der Waals surface area contributed by atoms with Crippen LogP contribution in [0.1, 0.15) is 79.1 Å². The molecule has 3 nitrogen and oxygen atoms in total. The minimum absolute atomic E-state index is 0.115. The molecule has 0 aliphatic heterocycles. The van der Waals surface area contributed by atoms with Gasteiger partial charge in [-0.05, 0) is 6.42 Å². The predicted octanol–water partition coefficient (Wildman–Crippen LogP) is 4.29. The third-order valence-electron chi connectivity index (χ3n) is 3.15. The summed E-state index contributed by atoms with van der Waals surface area (Å²) in [5.41, 5.74) is -0.362. The highest BCUT2D eigenvalue weighted by Crippen LogP contribution is 2.17. The summed E-state index contributed by atoms with van der Waals surface area (Å²) in [4.78, 5) is 23.1. The maximum atomic E-state index is 11.6. The van der Waals surface area contributed by atoms with Crippen molar-refractivity contribution in [2.75, 3.05) is 6.61 Å². The Morgan fingerprint density at radius 1 is 0.895 bits per heavy atom. The maximum Gasteiger partial charge on any atom is 0.306 e. The Hall–Kier alpha value is -0.860. The minimum Gasteiger partial charge on any atom is -0.466 e. The first-order chi connectivity index (χ1) is 8.88. The average molecular weight is 270 g/mol. The molecule has 0 saturated carbocycles. The van der Waals surface area contributed by atoms with Crippen molar-refractivity contribution in [3.05, 3.63) is 0 Å². The molecule has 0 fully saturated rings. The second kappa shape index (κ2) is 9.99. The van der Waals surface area contributed by atoms with Crippen molar-refractivity contribution >= 4 is 11.8 Å². The first-order valence-electron chi connectivity index (χ1n) is 7.57. The highest BCUT2D eigenvalue weighted by molar-refractivity contribution is 5.86. The molecule has 19 heavy (non-hydrogen) atoms. The van der Waals surface area contributed by atoms with E-state index in [1.807, 2.05) is 20.8 Å². The quantitative estimate of drug-likeness (QED) is 0.439. The van der Waals surface area contributed by atoms with E-state index in [1.54, 1.807) is 0 Å². The second-order valence-corrected chi connectivity index (χ2v) is 6.16. The zero-order valence-electron chi connectivity index (χ0n) is 13.1. The average Bonchev–Trinajstić information content (AvgIpc) is 2.33. The molecule has 3 heteroatoms. The molecule has 0 amide bonds. The fourth-order valence-corrected chi connectivity index (χ4v) is 1.73. The number of ketones is 1. The van der Waals surface area contributed by atoms with Crippen LogP contribution >= 0.6 is 0 Å². The van der Waals surface area contributed by atoms with Gasteiger partial charge in [0.05, 0.1) is 13.0 Å². The van der Waals surface area contributed by atoms with Gasteiger partial charge in [0.15, 0.2) is 0 Å². The number of carbonyl (C=O) groups is 2. The van der Waals surface area contributed by atoms with Gasteiger partial charge in [-0.25, -0.2) is 0 Å². The summed E-state index contributed by atoms with van der Waals surface area (Å²) in [5.74, 6) is -0.129. The van der Waals surface area contributed by atoms with Crippen LogP contribution in [0.4, 0.5) is 0 Å². The van der Waals surface area contributed by atoms with Gasteiger partial charge in [-0.2, -0.15) is 0 Å². The molecule has 0 N–H and O–H groups in total. The van der Waals surface area contributed by atoms with Crippen molar-refractivity contribution in [1.29, 1.82) is 0 Å². The van der Waals surface area contributed by atoms with Crippen molar-refractivity contribution < 1.29 is 14.3 Å². The first-order valence-corrected chi connectivity index (χ1v) is 7.57. The normalized spacial score (nSPS) is 11.4.